The molecule has 0 bridgehead atoms. The van der Waals surface area contributed by atoms with Crippen LogP contribution in [-0.4, -0.2) is 10.9 Å². The van der Waals surface area contributed by atoms with Crippen molar-refractivity contribution in [3.05, 3.63) is 65.9 Å². The molecule has 2 aromatic carbocycles. The normalized spacial score (nSPS) is 12.3. The van der Waals surface area contributed by atoms with Crippen molar-refractivity contribution in [3.8, 4) is 0 Å². The fourth-order valence-electron chi connectivity index (χ4n) is 2.85. The fraction of sp³-hybridized carbons (Fsp3) is 0.250. The maximum atomic E-state index is 12.4. The fourth-order valence-corrected chi connectivity index (χ4v) is 2.85. The molecule has 3 heteroatoms. The number of aromatic amines is 1. The molecule has 3 aromatic rings. The lowest BCUT2D eigenvalue weighted by Gasteiger charge is -2.15. The lowest BCUT2D eigenvalue weighted by molar-refractivity contribution is -0.115. The molecule has 3 rings (SSSR count). The summed E-state index contributed by atoms with van der Waals surface area (Å²) < 4.78 is 0. The van der Waals surface area contributed by atoms with Gasteiger partial charge in [-0.1, -0.05) is 44.2 Å². The number of hydrogen-bond acceptors (Lipinski definition) is 1. The van der Waals surface area contributed by atoms with E-state index in [2.05, 4.69) is 30.2 Å². The number of para-hydroxylation sites is 1. The molecule has 0 saturated heterocycles. The molecule has 2 N–H and O–H groups in total. The molecule has 118 valence electrons. The number of nitrogens with one attached hydrogen (secondary N) is 2. The summed E-state index contributed by atoms with van der Waals surface area (Å²) in [5.41, 5.74) is 4.20. The van der Waals surface area contributed by atoms with Gasteiger partial charge in [0.2, 0.25) is 5.91 Å². The Labute approximate surface area is 136 Å². The van der Waals surface area contributed by atoms with Gasteiger partial charge in [0.05, 0.1) is 6.42 Å². The smallest absolute Gasteiger partial charge is 0.228 e. The Balaban J connectivity index is 1.74. The van der Waals surface area contributed by atoms with Crippen molar-refractivity contribution in [1.82, 2.24) is 4.98 Å². The predicted molar refractivity (Wildman–Crippen MR) is 95.8 cm³/mol. The second-order valence-electron chi connectivity index (χ2n) is 6.02. The molecular weight excluding hydrogens is 284 g/mol. The second-order valence-corrected chi connectivity index (χ2v) is 6.02. The van der Waals surface area contributed by atoms with E-state index in [-0.39, 0.29) is 5.91 Å². The van der Waals surface area contributed by atoms with E-state index in [0.717, 1.165) is 28.6 Å². The first-order valence-electron chi connectivity index (χ1n) is 8.12. The van der Waals surface area contributed by atoms with Crippen LogP contribution in [0.2, 0.25) is 0 Å². The molecule has 0 spiro atoms. The maximum Gasteiger partial charge on any atom is 0.228 e. The van der Waals surface area contributed by atoms with Crippen molar-refractivity contribution < 1.29 is 4.79 Å². The highest BCUT2D eigenvalue weighted by Gasteiger charge is 2.11. The number of hydrogen-bond donors (Lipinski definition) is 2. The van der Waals surface area contributed by atoms with Crippen molar-refractivity contribution in [2.24, 2.45) is 0 Å². The zero-order valence-corrected chi connectivity index (χ0v) is 13.6. The quantitative estimate of drug-likeness (QED) is 0.694. The minimum Gasteiger partial charge on any atom is -0.361 e. The number of carbonyl (C=O) groups excluding carboxylic acids is 1. The SMILES string of the molecule is CCC(C)c1ccccc1NC(=O)Cc1ccc2cc[nH]c2c1. The molecule has 1 atom stereocenters. The molecule has 23 heavy (non-hydrogen) atoms. The Hall–Kier alpha value is -2.55. The Bertz CT molecular complexity index is 819. The molecule has 3 nitrogen and oxygen atoms in total. The molecule has 0 radical (unpaired) electrons. The van der Waals surface area contributed by atoms with Crippen LogP contribution in [0.4, 0.5) is 5.69 Å². The summed E-state index contributed by atoms with van der Waals surface area (Å²) in [6, 6.07) is 16.2. The standard InChI is InChI=1S/C20H22N2O/c1-3-14(2)17-6-4-5-7-18(17)22-20(23)13-15-8-9-16-10-11-21-19(16)12-15/h4-12,14,21H,3,13H2,1-2H3,(H,22,23). The van der Waals surface area contributed by atoms with Crippen LogP contribution in [-0.2, 0) is 11.2 Å². The van der Waals surface area contributed by atoms with Crippen molar-refractivity contribution in [3.63, 3.8) is 0 Å². The van der Waals surface area contributed by atoms with Gasteiger partial charge >= 0.3 is 0 Å². The highest BCUT2D eigenvalue weighted by molar-refractivity contribution is 5.93. The van der Waals surface area contributed by atoms with Gasteiger partial charge in [0.1, 0.15) is 0 Å². The largest absolute Gasteiger partial charge is 0.361 e. The first kappa shape index (κ1) is 15.3. The molecule has 0 saturated carbocycles. The number of rotatable bonds is 5. The average Bonchev–Trinajstić information content (AvgIpc) is 3.02. The number of carbonyl (C=O) groups is 1. The van der Waals surface area contributed by atoms with Gasteiger partial charge in [0.15, 0.2) is 0 Å². The number of amides is 1. The lowest BCUT2D eigenvalue weighted by Crippen LogP contribution is -2.16. The van der Waals surface area contributed by atoms with Crippen LogP contribution in [0.3, 0.4) is 0 Å². The third-order valence-electron chi connectivity index (χ3n) is 4.36. The number of benzene rings is 2. The summed E-state index contributed by atoms with van der Waals surface area (Å²) in [4.78, 5) is 15.6. The number of H-pyrrole nitrogens is 1. The van der Waals surface area contributed by atoms with Crippen LogP contribution in [0, 0.1) is 0 Å². The summed E-state index contributed by atoms with van der Waals surface area (Å²) in [5, 5.41) is 4.23. The summed E-state index contributed by atoms with van der Waals surface area (Å²) in [5.74, 6) is 0.452. The summed E-state index contributed by atoms with van der Waals surface area (Å²) in [7, 11) is 0. The van der Waals surface area contributed by atoms with Crippen molar-refractivity contribution in [2.75, 3.05) is 5.32 Å². The van der Waals surface area contributed by atoms with E-state index >= 15 is 0 Å². The molecule has 1 unspecified atom stereocenters. The maximum absolute atomic E-state index is 12.4. The van der Waals surface area contributed by atoms with Gasteiger partial charge in [-0.15, -0.1) is 0 Å². The van der Waals surface area contributed by atoms with E-state index in [1.165, 1.54) is 5.56 Å². The zero-order chi connectivity index (χ0) is 16.2. The van der Waals surface area contributed by atoms with E-state index in [9.17, 15) is 4.79 Å². The highest BCUT2D eigenvalue weighted by atomic mass is 16.1. The van der Waals surface area contributed by atoms with Gasteiger partial charge in [0, 0.05) is 17.4 Å². The van der Waals surface area contributed by atoms with Crippen molar-refractivity contribution >= 4 is 22.5 Å². The molecule has 1 heterocycles. The topological polar surface area (TPSA) is 44.9 Å². The van der Waals surface area contributed by atoms with Gasteiger partial charge in [-0.25, -0.2) is 0 Å². The molecule has 1 aromatic heterocycles. The summed E-state index contributed by atoms with van der Waals surface area (Å²) in [6.45, 7) is 4.35. The van der Waals surface area contributed by atoms with E-state index in [0.29, 0.717) is 12.3 Å². The highest BCUT2D eigenvalue weighted by Crippen LogP contribution is 2.26. The third kappa shape index (κ3) is 3.45. The van der Waals surface area contributed by atoms with Gasteiger partial charge in [-0.3, -0.25) is 4.79 Å². The van der Waals surface area contributed by atoms with Gasteiger partial charge in [0.25, 0.3) is 0 Å². The Morgan fingerprint density at radius 1 is 1.17 bits per heavy atom. The van der Waals surface area contributed by atoms with E-state index in [1.807, 2.05) is 48.7 Å². The predicted octanol–water partition coefficient (Wildman–Crippen LogP) is 4.86. The number of anilines is 1. The molecule has 0 aliphatic carbocycles. The Morgan fingerprint density at radius 2 is 2.00 bits per heavy atom. The van der Waals surface area contributed by atoms with Gasteiger partial charge in [-0.05, 0) is 47.1 Å². The lowest BCUT2D eigenvalue weighted by atomic mass is 9.97. The van der Waals surface area contributed by atoms with Crippen LogP contribution in [0.1, 0.15) is 37.3 Å². The minimum atomic E-state index is 0.0201. The summed E-state index contributed by atoms with van der Waals surface area (Å²) in [6.07, 6.45) is 3.34. The Kier molecular flexibility index (Phi) is 4.47. The molecule has 0 aliphatic rings. The van der Waals surface area contributed by atoms with E-state index in [4.69, 9.17) is 0 Å². The number of aromatic nitrogens is 1. The van der Waals surface area contributed by atoms with Crippen LogP contribution in [0.15, 0.2) is 54.7 Å². The summed E-state index contributed by atoms with van der Waals surface area (Å²) >= 11 is 0. The first-order valence-corrected chi connectivity index (χ1v) is 8.12. The monoisotopic (exact) mass is 306 g/mol. The minimum absolute atomic E-state index is 0.0201. The molecule has 0 fully saturated rings. The van der Waals surface area contributed by atoms with Crippen molar-refractivity contribution in [2.45, 2.75) is 32.6 Å². The van der Waals surface area contributed by atoms with Gasteiger partial charge < -0.3 is 10.3 Å². The van der Waals surface area contributed by atoms with E-state index in [1.54, 1.807) is 0 Å². The van der Waals surface area contributed by atoms with Crippen LogP contribution < -0.4 is 5.32 Å². The van der Waals surface area contributed by atoms with Crippen LogP contribution in [0.25, 0.3) is 10.9 Å². The molecule has 0 aliphatic heterocycles. The third-order valence-corrected chi connectivity index (χ3v) is 4.36. The second kappa shape index (κ2) is 6.69. The van der Waals surface area contributed by atoms with Crippen LogP contribution >= 0.6 is 0 Å². The van der Waals surface area contributed by atoms with Crippen molar-refractivity contribution in [1.29, 1.82) is 0 Å². The van der Waals surface area contributed by atoms with Gasteiger partial charge in [-0.2, -0.15) is 0 Å². The first-order chi connectivity index (χ1) is 11.2. The average molecular weight is 306 g/mol. The molecular formula is C20H22N2O. The molecule has 1 amide bonds. The number of fused-ring (bicyclic) bond motifs is 1. The Morgan fingerprint density at radius 3 is 2.83 bits per heavy atom. The van der Waals surface area contributed by atoms with E-state index < -0.39 is 0 Å². The zero-order valence-electron chi connectivity index (χ0n) is 13.6. The van der Waals surface area contributed by atoms with Crippen LogP contribution in [0.5, 0.6) is 0 Å².